The molecule has 1 saturated heterocycles. The Kier molecular flexibility index (Phi) is 3.29. The third kappa shape index (κ3) is 2.27. The molecule has 2 N–H and O–H groups in total. The van der Waals surface area contributed by atoms with E-state index in [9.17, 15) is 0 Å². The number of nitrogens with zero attached hydrogens (tertiary/aromatic N) is 3. The first-order valence-electron chi connectivity index (χ1n) is 5.88. The van der Waals surface area contributed by atoms with Crippen LogP contribution in [0.3, 0.4) is 0 Å². The Morgan fingerprint density at radius 1 is 1.25 bits per heavy atom. The molecule has 88 valence electrons. The zero-order valence-electron chi connectivity index (χ0n) is 10.1. The molecule has 0 amide bonds. The van der Waals surface area contributed by atoms with E-state index in [1.54, 1.807) is 6.20 Å². The van der Waals surface area contributed by atoms with Gasteiger partial charge in [-0.05, 0) is 26.0 Å². The SMILES string of the molecule is CC(C)N1CCN(c2cccnc2N)CC1. The average molecular weight is 220 g/mol. The topological polar surface area (TPSA) is 45.4 Å². The molecule has 0 aliphatic carbocycles. The molecule has 0 aromatic carbocycles. The number of pyridine rings is 1. The van der Waals surface area contributed by atoms with Crippen molar-refractivity contribution in [1.82, 2.24) is 9.88 Å². The van der Waals surface area contributed by atoms with Crippen molar-refractivity contribution in [2.24, 2.45) is 0 Å². The van der Waals surface area contributed by atoms with Crippen LogP contribution >= 0.6 is 0 Å². The summed E-state index contributed by atoms with van der Waals surface area (Å²) < 4.78 is 0. The summed E-state index contributed by atoms with van der Waals surface area (Å²) in [5.41, 5.74) is 6.95. The van der Waals surface area contributed by atoms with Gasteiger partial charge in [0.05, 0.1) is 5.69 Å². The quantitative estimate of drug-likeness (QED) is 0.813. The Hall–Kier alpha value is -1.29. The van der Waals surface area contributed by atoms with Crippen LogP contribution in [0.4, 0.5) is 11.5 Å². The van der Waals surface area contributed by atoms with Crippen LogP contribution in [0.15, 0.2) is 18.3 Å². The van der Waals surface area contributed by atoms with Gasteiger partial charge in [0.1, 0.15) is 5.82 Å². The monoisotopic (exact) mass is 220 g/mol. The summed E-state index contributed by atoms with van der Waals surface area (Å²) in [5, 5.41) is 0. The Morgan fingerprint density at radius 3 is 2.50 bits per heavy atom. The number of anilines is 2. The van der Waals surface area contributed by atoms with E-state index in [4.69, 9.17) is 5.73 Å². The summed E-state index contributed by atoms with van der Waals surface area (Å²) >= 11 is 0. The lowest BCUT2D eigenvalue weighted by atomic mass is 10.2. The number of aromatic nitrogens is 1. The van der Waals surface area contributed by atoms with E-state index in [0.29, 0.717) is 11.9 Å². The molecule has 2 heterocycles. The van der Waals surface area contributed by atoms with Crippen molar-refractivity contribution in [2.75, 3.05) is 36.8 Å². The Labute approximate surface area is 97.1 Å². The second-order valence-electron chi connectivity index (χ2n) is 4.52. The molecular weight excluding hydrogens is 200 g/mol. The maximum atomic E-state index is 5.88. The van der Waals surface area contributed by atoms with E-state index >= 15 is 0 Å². The molecule has 4 nitrogen and oxygen atoms in total. The summed E-state index contributed by atoms with van der Waals surface area (Å²) in [4.78, 5) is 8.94. The molecule has 16 heavy (non-hydrogen) atoms. The summed E-state index contributed by atoms with van der Waals surface area (Å²) in [6, 6.07) is 4.63. The molecule has 1 fully saturated rings. The Morgan fingerprint density at radius 2 is 1.94 bits per heavy atom. The van der Waals surface area contributed by atoms with Crippen molar-refractivity contribution in [3.8, 4) is 0 Å². The normalized spacial score (nSPS) is 18.1. The van der Waals surface area contributed by atoms with Crippen molar-refractivity contribution in [3.05, 3.63) is 18.3 Å². The minimum atomic E-state index is 0.633. The van der Waals surface area contributed by atoms with Gasteiger partial charge in [-0.3, -0.25) is 4.90 Å². The van der Waals surface area contributed by atoms with Crippen LogP contribution in [0.5, 0.6) is 0 Å². The van der Waals surface area contributed by atoms with E-state index in [-0.39, 0.29) is 0 Å². The molecule has 0 atom stereocenters. The molecule has 1 aromatic rings. The lowest BCUT2D eigenvalue weighted by Crippen LogP contribution is -2.49. The van der Waals surface area contributed by atoms with Crippen molar-refractivity contribution in [2.45, 2.75) is 19.9 Å². The minimum Gasteiger partial charge on any atom is -0.382 e. The van der Waals surface area contributed by atoms with Crippen LogP contribution in [0, 0.1) is 0 Å². The maximum absolute atomic E-state index is 5.88. The molecule has 1 aliphatic rings. The zero-order valence-corrected chi connectivity index (χ0v) is 10.1. The molecule has 1 aromatic heterocycles. The van der Waals surface area contributed by atoms with Gasteiger partial charge in [-0.25, -0.2) is 4.98 Å². The van der Waals surface area contributed by atoms with E-state index < -0.39 is 0 Å². The number of hydrogen-bond acceptors (Lipinski definition) is 4. The van der Waals surface area contributed by atoms with Crippen LogP contribution in [0.1, 0.15) is 13.8 Å². The molecule has 4 heteroatoms. The van der Waals surface area contributed by atoms with Crippen molar-refractivity contribution >= 4 is 11.5 Å². The highest BCUT2D eigenvalue weighted by Crippen LogP contribution is 2.21. The third-order valence-corrected chi connectivity index (χ3v) is 3.20. The van der Waals surface area contributed by atoms with Gasteiger partial charge in [-0.2, -0.15) is 0 Å². The van der Waals surface area contributed by atoms with Crippen LogP contribution in [-0.4, -0.2) is 42.1 Å². The Balaban J connectivity index is 2.02. The van der Waals surface area contributed by atoms with Crippen LogP contribution in [0.2, 0.25) is 0 Å². The highest BCUT2D eigenvalue weighted by Gasteiger charge is 2.20. The van der Waals surface area contributed by atoms with E-state index in [1.165, 1.54) is 0 Å². The first-order chi connectivity index (χ1) is 7.68. The zero-order chi connectivity index (χ0) is 11.5. The molecule has 0 radical (unpaired) electrons. The van der Waals surface area contributed by atoms with Crippen molar-refractivity contribution in [3.63, 3.8) is 0 Å². The van der Waals surface area contributed by atoms with E-state index in [1.807, 2.05) is 12.1 Å². The lowest BCUT2D eigenvalue weighted by Gasteiger charge is -2.38. The van der Waals surface area contributed by atoms with Crippen LogP contribution < -0.4 is 10.6 Å². The van der Waals surface area contributed by atoms with Crippen molar-refractivity contribution < 1.29 is 0 Å². The maximum Gasteiger partial charge on any atom is 0.146 e. The van der Waals surface area contributed by atoms with Crippen LogP contribution in [-0.2, 0) is 0 Å². The third-order valence-electron chi connectivity index (χ3n) is 3.20. The number of hydrogen-bond donors (Lipinski definition) is 1. The largest absolute Gasteiger partial charge is 0.382 e. The van der Waals surface area contributed by atoms with Gasteiger partial charge >= 0.3 is 0 Å². The summed E-state index contributed by atoms with van der Waals surface area (Å²) in [6.45, 7) is 8.77. The average Bonchev–Trinajstić information content (AvgIpc) is 2.30. The van der Waals surface area contributed by atoms with Gasteiger partial charge in [0.25, 0.3) is 0 Å². The van der Waals surface area contributed by atoms with Crippen LogP contribution in [0.25, 0.3) is 0 Å². The molecule has 0 bridgehead atoms. The van der Waals surface area contributed by atoms with Gasteiger partial charge in [0, 0.05) is 38.4 Å². The van der Waals surface area contributed by atoms with Gasteiger partial charge in [0.15, 0.2) is 0 Å². The number of piperazine rings is 1. The van der Waals surface area contributed by atoms with Gasteiger partial charge in [-0.1, -0.05) is 0 Å². The summed E-state index contributed by atoms with van der Waals surface area (Å²) in [7, 11) is 0. The summed E-state index contributed by atoms with van der Waals surface area (Å²) in [6.07, 6.45) is 1.74. The summed E-state index contributed by atoms with van der Waals surface area (Å²) in [5.74, 6) is 0.639. The predicted octanol–water partition coefficient (Wildman–Crippen LogP) is 1.19. The van der Waals surface area contributed by atoms with Gasteiger partial charge in [0.2, 0.25) is 0 Å². The number of nitrogen functional groups attached to an aromatic ring is 1. The lowest BCUT2D eigenvalue weighted by molar-refractivity contribution is 0.209. The first kappa shape index (κ1) is 11.2. The minimum absolute atomic E-state index is 0.633. The first-order valence-corrected chi connectivity index (χ1v) is 5.88. The fraction of sp³-hybridized carbons (Fsp3) is 0.583. The van der Waals surface area contributed by atoms with Gasteiger partial charge in [-0.15, -0.1) is 0 Å². The number of rotatable bonds is 2. The highest BCUT2D eigenvalue weighted by molar-refractivity contribution is 5.63. The molecule has 0 saturated carbocycles. The Bertz CT molecular complexity index is 343. The number of nitrogens with two attached hydrogens (primary N) is 1. The molecule has 0 spiro atoms. The smallest absolute Gasteiger partial charge is 0.146 e. The van der Waals surface area contributed by atoms with Crippen molar-refractivity contribution in [1.29, 1.82) is 0 Å². The second-order valence-corrected chi connectivity index (χ2v) is 4.52. The molecule has 0 unspecified atom stereocenters. The fourth-order valence-corrected chi connectivity index (χ4v) is 2.16. The van der Waals surface area contributed by atoms with Gasteiger partial charge < -0.3 is 10.6 Å². The predicted molar refractivity (Wildman–Crippen MR) is 67.6 cm³/mol. The fourth-order valence-electron chi connectivity index (χ4n) is 2.16. The standard InChI is InChI=1S/C12H20N4/c1-10(2)15-6-8-16(9-7-15)11-4-3-5-14-12(11)13/h3-5,10H,6-9H2,1-2H3,(H2,13,14). The highest BCUT2D eigenvalue weighted by atomic mass is 15.3. The molecular formula is C12H20N4. The molecule has 1 aliphatic heterocycles. The van der Waals surface area contributed by atoms with E-state index in [2.05, 4.69) is 28.6 Å². The molecule has 2 rings (SSSR count). The van der Waals surface area contributed by atoms with E-state index in [0.717, 1.165) is 31.9 Å². The second kappa shape index (κ2) is 4.70.